The summed E-state index contributed by atoms with van der Waals surface area (Å²) in [6.07, 6.45) is 1.75. The van der Waals surface area contributed by atoms with Crippen molar-refractivity contribution in [1.82, 2.24) is 19.7 Å². The molecule has 4 rings (SSSR count). The zero-order valence-electron chi connectivity index (χ0n) is 14.2. The number of nitrogens with zero attached hydrogens (tertiary/aromatic N) is 5. The molecule has 1 aliphatic rings. The Morgan fingerprint density at radius 1 is 1.23 bits per heavy atom. The first kappa shape index (κ1) is 16.4. The van der Waals surface area contributed by atoms with Gasteiger partial charge < -0.3 is 10.2 Å². The number of anilines is 2. The average molecular weight is 358 g/mol. The van der Waals surface area contributed by atoms with Gasteiger partial charge in [-0.1, -0.05) is 6.07 Å². The van der Waals surface area contributed by atoms with Crippen LogP contribution in [0.4, 0.5) is 20.3 Å². The molecule has 3 heterocycles. The van der Waals surface area contributed by atoms with Crippen LogP contribution in [-0.2, 0) is 11.8 Å². The second kappa shape index (κ2) is 6.01. The summed E-state index contributed by atoms with van der Waals surface area (Å²) in [6.45, 7) is 1.90. The summed E-state index contributed by atoms with van der Waals surface area (Å²) in [7, 11) is 1.78. The van der Waals surface area contributed by atoms with E-state index in [4.69, 9.17) is 0 Å². The highest BCUT2D eigenvalue weighted by Crippen LogP contribution is 2.29. The lowest BCUT2D eigenvalue weighted by Crippen LogP contribution is -2.29. The first-order valence-electron chi connectivity index (χ1n) is 8.11. The SMILES string of the molecule is Cc1nc(N[C@H]2CC(=O)N(c3c(F)cccc3F)C2)c2cnn(C)c2n1. The zero-order valence-corrected chi connectivity index (χ0v) is 14.2. The number of hydrogen-bond donors (Lipinski definition) is 1. The predicted octanol–water partition coefficient (Wildman–Crippen LogP) is 2.17. The molecule has 26 heavy (non-hydrogen) atoms. The third-order valence-electron chi connectivity index (χ3n) is 4.38. The summed E-state index contributed by atoms with van der Waals surface area (Å²) in [6, 6.07) is 3.21. The Morgan fingerprint density at radius 3 is 2.69 bits per heavy atom. The Kier molecular flexibility index (Phi) is 3.78. The molecule has 1 aliphatic heterocycles. The molecule has 134 valence electrons. The van der Waals surface area contributed by atoms with Crippen molar-refractivity contribution < 1.29 is 13.6 Å². The highest BCUT2D eigenvalue weighted by atomic mass is 19.1. The number of aryl methyl sites for hydroxylation is 2. The molecule has 0 bridgehead atoms. The van der Waals surface area contributed by atoms with Crippen LogP contribution in [-0.4, -0.2) is 38.2 Å². The lowest BCUT2D eigenvalue weighted by molar-refractivity contribution is -0.117. The van der Waals surface area contributed by atoms with Crippen molar-refractivity contribution >= 4 is 28.4 Å². The summed E-state index contributed by atoms with van der Waals surface area (Å²) < 4.78 is 29.7. The molecule has 1 aromatic carbocycles. The Balaban J connectivity index is 1.63. The van der Waals surface area contributed by atoms with Gasteiger partial charge in [0.15, 0.2) is 5.65 Å². The number of carbonyl (C=O) groups excluding carboxylic acids is 1. The van der Waals surface area contributed by atoms with Gasteiger partial charge in [0.25, 0.3) is 0 Å². The Labute approximate surface area is 147 Å². The maximum absolute atomic E-state index is 14.0. The van der Waals surface area contributed by atoms with Crippen molar-refractivity contribution in [2.75, 3.05) is 16.8 Å². The topological polar surface area (TPSA) is 75.9 Å². The van der Waals surface area contributed by atoms with Crippen LogP contribution in [0.1, 0.15) is 12.2 Å². The molecule has 2 aromatic heterocycles. The lowest BCUT2D eigenvalue weighted by Gasteiger charge is -2.19. The van der Waals surface area contributed by atoms with Crippen LogP contribution >= 0.6 is 0 Å². The predicted molar refractivity (Wildman–Crippen MR) is 91.8 cm³/mol. The number of carbonyl (C=O) groups is 1. The van der Waals surface area contributed by atoms with E-state index in [0.717, 1.165) is 22.4 Å². The number of benzene rings is 1. The molecule has 1 amide bonds. The molecule has 1 atom stereocenters. The van der Waals surface area contributed by atoms with Crippen LogP contribution in [0.2, 0.25) is 0 Å². The van der Waals surface area contributed by atoms with Crippen molar-refractivity contribution in [3.8, 4) is 0 Å². The minimum Gasteiger partial charge on any atom is -0.364 e. The number of para-hydroxylation sites is 1. The number of aromatic nitrogens is 4. The first-order chi connectivity index (χ1) is 12.4. The Bertz CT molecular complexity index is 998. The molecule has 0 aliphatic carbocycles. The third-order valence-corrected chi connectivity index (χ3v) is 4.38. The average Bonchev–Trinajstić information content (AvgIpc) is 3.11. The van der Waals surface area contributed by atoms with Gasteiger partial charge in [-0.3, -0.25) is 9.48 Å². The van der Waals surface area contributed by atoms with E-state index < -0.39 is 11.6 Å². The summed E-state index contributed by atoms with van der Waals surface area (Å²) >= 11 is 0. The molecular weight excluding hydrogens is 342 g/mol. The van der Waals surface area contributed by atoms with Gasteiger partial charge in [0.1, 0.15) is 29.0 Å². The highest BCUT2D eigenvalue weighted by Gasteiger charge is 2.34. The van der Waals surface area contributed by atoms with Gasteiger partial charge in [0, 0.05) is 20.0 Å². The van der Waals surface area contributed by atoms with Gasteiger partial charge in [-0.05, 0) is 19.1 Å². The minimum atomic E-state index is -0.758. The minimum absolute atomic E-state index is 0.110. The summed E-state index contributed by atoms with van der Waals surface area (Å²) in [5.74, 6) is -0.753. The highest BCUT2D eigenvalue weighted by molar-refractivity contribution is 5.97. The molecule has 9 heteroatoms. The normalized spacial score (nSPS) is 17.3. The molecule has 1 N–H and O–H groups in total. The van der Waals surface area contributed by atoms with Crippen LogP contribution in [0.5, 0.6) is 0 Å². The molecular formula is C17H16F2N6O. The molecule has 7 nitrogen and oxygen atoms in total. The van der Waals surface area contributed by atoms with E-state index in [-0.39, 0.29) is 30.6 Å². The molecule has 0 radical (unpaired) electrons. The number of nitrogens with one attached hydrogen (secondary N) is 1. The molecule has 1 fully saturated rings. The van der Waals surface area contributed by atoms with Crippen LogP contribution in [0.15, 0.2) is 24.4 Å². The molecule has 0 unspecified atom stereocenters. The quantitative estimate of drug-likeness (QED) is 0.777. The van der Waals surface area contributed by atoms with Gasteiger partial charge >= 0.3 is 0 Å². The maximum Gasteiger partial charge on any atom is 0.229 e. The second-order valence-electron chi connectivity index (χ2n) is 6.24. The summed E-state index contributed by atoms with van der Waals surface area (Å²) in [4.78, 5) is 22.2. The van der Waals surface area contributed by atoms with Gasteiger partial charge in [-0.25, -0.2) is 18.7 Å². The fourth-order valence-corrected chi connectivity index (χ4v) is 3.20. The van der Waals surface area contributed by atoms with Crippen LogP contribution in [0, 0.1) is 18.6 Å². The van der Waals surface area contributed by atoms with Gasteiger partial charge in [0.05, 0.1) is 17.6 Å². The van der Waals surface area contributed by atoms with E-state index in [0.29, 0.717) is 17.3 Å². The van der Waals surface area contributed by atoms with Gasteiger partial charge in [0.2, 0.25) is 5.91 Å². The standard InChI is InChI=1S/C17H16F2N6O/c1-9-21-16(11-7-20-24(2)17(11)22-9)23-10-6-14(26)25(8-10)15-12(18)4-3-5-13(15)19/h3-5,7,10H,6,8H2,1-2H3,(H,21,22,23)/t10-/m0/s1. The van der Waals surface area contributed by atoms with E-state index in [2.05, 4.69) is 20.4 Å². The van der Waals surface area contributed by atoms with Crippen LogP contribution in [0.3, 0.4) is 0 Å². The second-order valence-corrected chi connectivity index (χ2v) is 6.24. The Hall–Kier alpha value is -3.10. The molecule has 0 saturated carbocycles. The molecule has 0 spiro atoms. The summed E-state index contributed by atoms with van der Waals surface area (Å²) in [5.41, 5.74) is 0.355. The van der Waals surface area contributed by atoms with E-state index in [1.54, 1.807) is 24.9 Å². The van der Waals surface area contributed by atoms with Crippen LogP contribution in [0.25, 0.3) is 11.0 Å². The lowest BCUT2D eigenvalue weighted by atomic mass is 10.2. The van der Waals surface area contributed by atoms with Crippen molar-refractivity contribution in [2.24, 2.45) is 7.05 Å². The monoisotopic (exact) mass is 358 g/mol. The largest absolute Gasteiger partial charge is 0.364 e. The van der Waals surface area contributed by atoms with Crippen molar-refractivity contribution in [2.45, 2.75) is 19.4 Å². The molecule has 3 aromatic rings. The van der Waals surface area contributed by atoms with Crippen LogP contribution < -0.4 is 10.2 Å². The maximum atomic E-state index is 14.0. The first-order valence-corrected chi connectivity index (χ1v) is 8.11. The van der Waals surface area contributed by atoms with Crippen molar-refractivity contribution in [1.29, 1.82) is 0 Å². The van der Waals surface area contributed by atoms with Crippen molar-refractivity contribution in [3.05, 3.63) is 41.9 Å². The number of rotatable bonds is 3. The van der Waals surface area contributed by atoms with E-state index in [1.165, 1.54) is 6.07 Å². The number of fused-ring (bicyclic) bond motifs is 1. The third kappa shape index (κ3) is 2.65. The van der Waals surface area contributed by atoms with E-state index in [1.807, 2.05) is 0 Å². The fourth-order valence-electron chi connectivity index (χ4n) is 3.20. The van der Waals surface area contributed by atoms with Gasteiger partial charge in [-0.15, -0.1) is 0 Å². The van der Waals surface area contributed by atoms with Crippen molar-refractivity contribution in [3.63, 3.8) is 0 Å². The number of amides is 1. The molecule has 1 saturated heterocycles. The van der Waals surface area contributed by atoms with Gasteiger partial charge in [-0.2, -0.15) is 5.10 Å². The van der Waals surface area contributed by atoms with E-state index >= 15 is 0 Å². The zero-order chi connectivity index (χ0) is 18.4. The summed E-state index contributed by atoms with van der Waals surface area (Å²) in [5, 5.41) is 8.09. The Morgan fingerprint density at radius 2 is 1.96 bits per heavy atom. The fraction of sp³-hybridized carbons (Fsp3) is 0.294. The van der Waals surface area contributed by atoms with E-state index in [9.17, 15) is 13.6 Å². The number of halogens is 2. The smallest absolute Gasteiger partial charge is 0.229 e. The number of hydrogen-bond acceptors (Lipinski definition) is 5.